The second-order valence-corrected chi connectivity index (χ2v) is 11.3. The van der Waals surface area contributed by atoms with Crippen molar-refractivity contribution in [2.75, 3.05) is 0 Å². The van der Waals surface area contributed by atoms with Gasteiger partial charge in [-0.2, -0.15) is 0 Å². The molecular weight excluding hydrogens is 234 g/mol. The molecule has 1 heterocycles. The number of carboxylic acid groups (broad SMARTS) is 1. The molecule has 0 saturated carbocycles. The Morgan fingerprint density at radius 3 is 2.29 bits per heavy atom. The van der Waals surface area contributed by atoms with E-state index in [1.54, 1.807) is 0 Å². The number of nitrogens with one attached hydrogen (secondary N) is 1. The van der Waals surface area contributed by atoms with Crippen molar-refractivity contribution in [2.45, 2.75) is 70.4 Å². The van der Waals surface area contributed by atoms with E-state index >= 15 is 0 Å². The van der Waals surface area contributed by atoms with Crippen LogP contribution < -0.4 is 5.32 Å². The molecule has 4 nitrogen and oxygen atoms in total. The minimum absolute atomic E-state index is 0.0250. The summed E-state index contributed by atoms with van der Waals surface area (Å²) < 4.78 is 6.27. The van der Waals surface area contributed by atoms with Crippen LogP contribution in [0.1, 0.15) is 34.1 Å². The molecule has 5 heteroatoms. The second-order valence-electron chi connectivity index (χ2n) is 6.50. The molecule has 3 atom stereocenters. The molecule has 0 unspecified atom stereocenters. The van der Waals surface area contributed by atoms with Crippen LogP contribution in [0.2, 0.25) is 18.1 Å². The van der Waals surface area contributed by atoms with E-state index in [4.69, 9.17) is 9.53 Å². The highest BCUT2D eigenvalue weighted by molar-refractivity contribution is 6.74. The Morgan fingerprint density at radius 1 is 1.41 bits per heavy atom. The predicted octanol–water partition coefficient (Wildman–Crippen LogP) is 2.21. The lowest BCUT2D eigenvalue weighted by atomic mass is 10.1. The zero-order chi connectivity index (χ0) is 13.4. The summed E-state index contributed by atoms with van der Waals surface area (Å²) in [4.78, 5) is 10.9. The molecule has 0 amide bonds. The number of carbonyl (C=O) groups is 1. The highest BCUT2D eigenvalue weighted by atomic mass is 28.4. The van der Waals surface area contributed by atoms with Crippen LogP contribution in [0.5, 0.6) is 0 Å². The van der Waals surface area contributed by atoms with Crippen LogP contribution >= 0.6 is 0 Å². The number of carboxylic acids is 1. The summed E-state index contributed by atoms with van der Waals surface area (Å²) in [5.41, 5.74) is 0. The lowest BCUT2D eigenvalue weighted by molar-refractivity contribution is -0.139. The van der Waals surface area contributed by atoms with Crippen molar-refractivity contribution in [3.8, 4) is 0 Å². The van der Waals surface area contributed by atoms with Crippen LogP contribution in [0.4, 0.5) is 0 Å². The van der Waals surface area contributed by atoms with E-state index in [2.05, 4.69) is 39.2 Å². The highest BCUT2D eigenvalue weighted by Crippen LogP contribution is 2.38. The van der Waals surface area contributed by atoms with E-state index in [9.17, 15) is 4.79 Å². The molecule has 1 rings (SSSR count). The summed E-state index contributed by atoms with van der Waals surface area (Å²) in [5.74, 6) is -0.779. The summed E-state index contributed by atoms with van der Waals surface area (Å²) in [7, 11) is -1.81. The minimum atomic E-state index is -1.81. The lowest BCUT2D eigenvalue weighted by Crippen LogP contribution is -2.46. The molecule has 0 aliphatic carbocycles. The molecule has 0 aromatic rings. The summed E-state index contributed by atoms with van der Waals surface area (Å²) in [5, 5.41) is 12.2. The quantitative estimate of drug-likeness (QED) is 0.763. The Morgan fingerprint density at radius 2 is 1.94 bits per heavy atom. The topological polar surface area (TPSA) is 58.6 Å². The summed E-state index contributed by atoms with van der Waals surface area (Å²) >= 11 is 0. The molecular formula is C12H25NO3Si. The maximum Gasteiger partial charge on any atom is 0.320 e. The van der Waals surface area contributed by atoms with Crippen molar-refractivity contribution in [3.05, 3.63) is 0 Å². The van der Waals surface area contributed by atoms with Crippen LogP contribution in [0.25, 0.3) is 0 Å². The van der Waals surface area contributed by atoms with Gasteiger partial charge in [-0.25, -0.2) is 0 Å². The second kappa shape index (κ2) is 4.70. The zero-order valence-electron chi connectivity index (χ0n) is 11.7. The fourth-order valence-electron chi connectivity index (χ4n) is 1.81. The van der Waals surface area contributed by atoms with Crippen LogP contribution in [0.3, 0.4) is 0 Å². The number of rotatable bonds is 3. The zero-order valence-corrected chi connectivity index (χ0v) is 12.7. The lowest BCUT2D eigenvalue weighted by Gasteiger charge is -2.39. The summed E-state index contributed by atoms with van der Waals surface area (Å²) in [6.45, 7) is 13.0. The van der Waals surface area contributed by atoms with Gasteiger partial charge < -0.3 is 9.53 Å². The van der Waals surface area contributed by atoms with Crippen LogP contribution in [0, 0.1) is 0 Å². The average molecular weight is 259 g/mol. The standard InChI is InChI=1S/C12H25NO3Si/c1-8-10(7-9(13-8)11(14)15)16-17(5,6)12(2,3)4/h8-10,13H,7H2,1-6H3,(H,14,15)/t8-,9-,10-/m0/s1. The average Bonchev–Trinajstić information content (AvgIpc) is 2.45. The first-order valence-electron chi connectivity index (χ1n) is 6.21. The fraction of sp³-hybridized carbons (Fsp3) is 0.917. The maximum absolute atomic E-state index is 10.9. The maximum atomic E-state index is 10.9. The van der Waals surface area contributed by atoms with Gasteiger partial charge in [-0.05, 0) is 31.5 Å². The van der Waals surface area contributed by atoms with E-state index in [0.29, 0.717) is 6.42 Å². The van der Waals surface area contributed by atoms with Crippen LogP contribution in [-0.4, -0.2) is 37.6 Å². The minimum Gasteiger partial charge on any atom is -0.480 e. The first-order valence-corrected chi connectivity index (χ1v) is 9.12. The van der Waals surface area contributed by atoms with Crippen molar-refractivity contribution >= 4 is 14.3 Å². The van der Waals surface area contributed by atoms with Gasteiger partial charge in [0.1, 0.15) is 6.04 Å². The first-order chi connectivity index (χ1) is 7.54. The van der Waals surface area contributed by atoms with Crippen LogP contribution in [-0.2, 0) is 9.22 Å². The Bertz CT molecular complexity index is 299. The van der Waals surface area contributed by atoms with Gasteiger partial charge in [0.25, 0.3) is 0 Å². The summed E-state index contributed by atoms with van der Waals surface area (Å²) in [6.07, 6.45) is 0.597. The largest absolute Gasteiger partial charge is 0.480 e. The fourth-order valence-corrected chi connectivity index (χ4v) is 3.22. The molecule has 0 aromatic heterocycles. The Kier molecular flexibility index (Phi) is 4.06. The van der Waals surface area contributed by atoms with Gasteiger partial charge in [0.2, 0.25) is 0 Å². The molecule has 0 spiro atoms. The molecule has 1 saturated heterocycles. The Balaban J connectivity index is 2.68. The third kappa shape index (κ3) is 3.30. The molecule has 1 aliphatic heterocycles. The SMILES string of the molecule is C[C@@H]1N[C@H](C(=O)O)C[C@@H]1O[Si](C)(C)C(C)(C)C. The van der Waals surface area contributed by atoms with Crippen molar-refractivity contribution in [3.63, 3.8) is 0 Å². The van der Waals surface area contributed by atoms with E-state index in [1.165, 1.54) is 0 Å². The third-order valence-corrected chi connectivity index (χ3v) is 8.54. The number of aliphatic carboxylic acids is 1. The molecule has 0 bridgehead atoms. The first kappa shape index (κ1) is 14.7. The molecule has 2 N–H and O–H groups in total. The molecule has 17 heavy (non-hydrogen) atoms. The highest BCUT2D eigenvalue weighted by Gasteiger charge is 2.43. The van der Waals surface area contributed by atoms with E-state index < -0.39 is 20.3 Å². The van der Waals surface area contributed by atoms with Gasteiger partial charge in [0, 0.05) is 6.04 Å². The smallest absolute Gasteiger partial charge is 0.320 e. The number of hydrogen-bond acceptors (Lipinski definition) is 3. The van der Waals surface area contributed by atoms with Crippen molar-refractivity contribution in [1.82, 2.24) is 5.32 Å². The van der Waals surface area contributed by atoms with Gasteiger partial charge in [0.05, 0.1) is 6.10 Å². The van der Waals surface area contributed by atoms with Gasteiger partial charge in [-0.3, -0.25) is 10.1 Å². The van der Waals surface area contributed by atoms with Crippen molar-refractivity contribution in [2.24, 2.45) is 0 Å². The van der Waals surface area contributed by atoms with Gasteiger partial charge in [-0.15, -0.1) is 0 Å². The Hall–Kier alpha value is -0.393. The molecule has 0 radical (unpaired) electrons. The van der Waals surface area contributed by atoms with E-state index in [0.717, 1.165) is 0 Å². The molecule has 0 aromatic carbocycles. The number of hydrogen-bond donors (Lipinski definition) is 2. The van der Waals surface area contributed by atoms with Crippen molar-refractivity contribution < 1.29 is 14.3 Å². The molecule has 1 aliphatic rings. The van der Waals surface area contributed by atoms with E-state index in [1.807, 2.05) is 6.92 Å². The monoisotopic (exact) mass is 259 g/mol. The normalized spacial score (nSPS) is 30.6. The summed E-state index contributed by atoms with van der Waals surface area (Å²) in [6, 6.07) is -0.343. The van der Waals surface area contributed by atoms with Gasteiger partial charge >= 0.3 is 5.97 Å². The third-order valence-electron chi connectivity index (χ3n) is 4.04. The Labute approximate surface area is 105 Å². The molecule has 100 valence electrons. The van der Waals surface area contributed by atoms with Crippen molar-refractivity contribution in [1.29, 1.82) is 0 Å². The predicted molar refractivity (Wildman–Crippen MR) is 70.7 cm³/mol. The van der Waals surface area contributed by atoms with Gasteiger partial charge in [0.15, 0.2) is 8.32 Å². The molecule has 1 fully saturated rings. The van der Waals surface area contributed by atoms with Crippen LogP contribution in [0.15, 0.2) is 0 Å². The van der Waals surface area contributed by atoms with E-state index in [-0.39, 0.29) is 17.2 Å². The van der Waals surface area contributed by atoms with Gasteiger partial charge in [-0.1, -0.05) is 20.8 Å².